The third kappa shape index (κ3) is 11.7. The van der Waals surface area contributed by atoms with Crippen molar-refractivity contribution in [2.24, 2.45) is 0 Å². The van der Waals surface area contributed by atoms with E-state index in [-0.39, 0.29) is 0 Å². The molecule has 0 heterocycles. The van der Waals surface area contributed by atoms with E-state index in [2.05, 4.69) is 20.8 Å². The summed E-state index contributed by atoms with van der Waals surface area (Å²) in [6.07, 6.45) is 3.09. The molecule has 89 valence electrons. The molecule has 0 fully saturated rings. The van der Waals surface area contributed by atoms with Crippen molar-refractivity contribution in [3.8, 4) is 0 Å². The molecule has 0 bridgehead atoms. The predicted octanol–water partition coefficient (Wildman–Crippen LogP) is 1.80. The summed E-state index contributed by atoms with van der Waals surface area (Å²) in [6, 6.07) is 0. The second-order valence-electron chi connectivity index (χ2n) is 2.98. The molecule has 15 heavy (non-hydrogen) atoms. The molecule has 0 atom stereocenters. The van der Waals surface area contributed by atoms with Gasteiger partial charge in [0.15, 0.2) is 0 Å². The van der Waals surface area contributed by atoms with Crippen LogP contribution >= 0.6 is 0 Å². The van der Waals surface area contributed by atoms with Crippen LogP contribution in [0.2, 0.25) is 0 Å². The molecule has 0 aromatic carbocycles. The minimum absolute atomic E-state index is 0.756. The zero-order valence-corrected chi connectivity index (χ0v) is 15.6. The van der Waals surface area contributed by atoms with Crippen molar-refractivity contribution in [2.75, 3.05) is 19.8 Å². The first kappa shape index (κ1) is 16.4. The Morgan fingerprint density at radius 1 is 0.867 bits per heavy atom. The quantitative estimate of drug-likeness (QED) is 0.370. The summed E-state index contributed by atoms with van der Waals surface area (Å²) >= 11 is -3.56. The molecule has 0 aliphatic heterocycles. The first-order valence-corrected chi connectivity index (χ1v) is 11.3. The summed E-state index contributed by atoms with van der Waals surface area (Å²) in [5, 5.41) is 0. The molecule has 0 unspecified atom stereocenters. The second-order valence-corrected chi connectivity index (χ2v) is 11.8. The van der Waals surface area contributed by atoms with Crippen LogP contribution in [-0.2, 0) is 10.6 Å². The van der Waals surface area contributed by atoms with Crippen LogP contribution in [-0.4, -0.2) is 62.8 Å². The molecule has 3 radical (unpaired) electrons. The van der Waals surface area contributed by atoms with Crippen molar-refractivity contribution >= 4 is 43.0 Å². The fraction of sp³-hybridized carbons (Fsp3) is 1.00. The maximum atomic E-state index is 5.65. The number of rotatable bonds is 11. The predicted molar refractivity (Wildman–Crippen MR) is 61.3 cm³/mol. The second kappa shape index (κ2) is 13.5. The van der Waals surface area contributed by atoms with Gasteiger partial charge in [-0.25, -0.2) is 0 Å². The van der Waals surface area contributed by atoms with E-state index in [1.54, 1.807) is 0 Å². The molecule has 0 aliphatic rings. The summed E-state index contributed by atoms with van der Waals surface area (Å²) < 4.78 is 22.2. The summed E-state index contributed by atoms with van der Waals surface area (Å²) in [5.41, 5.74) is 0. The molecular weight excluding hydrogens is 410 g/mol. The van der Waals surface area contributed by atoms with Gasteiger partial charge in [0.1, 0.15) is 0 Å². The van der Waals surface area contributed by atoms with Gasteiger partial charge in [-0.1, -0.05) is 0 Å². The average molecular weight is 431 g/mol. The van der Waals surface area contributed by atoms with Crippen molar-refractivity contribution < 1.29 is 10.6 Å². The Balaban J connectivity index is 3.49. The number of hydrogen-bond acceptors (Lipinski definition) is 4. The van der Waals surface area contributed by atoms with E-state index in [1.165, 1.54) is 0 Å². The fourth-order valence-electron chi connectivity index (χ4n) is 0.679. The molecule has 0 amide bonds. The summed E-state index contributed by atoms with van der Waals surface area (Å²) in [5.74, 6) is 0. The van der Waals surface area contributed by atoms with Crippen LogP contribution in [0.4, 0.5) is 0 Å². The third-order valence-electron chi connectivity index (χ3n) is 1.34. The fourth-order valence-corrected chi connectivity index (χ4v) is 9.24. The Morgan fingerprint density at radius 3 is 1.87 bits per heavy atom. The molecular formula is C9H21O4Sn2. The zero-order chi connectivity index (χ0) is 11.4. The summed E-state index contributed by atoms with van der Waals surface area (Å²) in [4.78, 5) is 0. The molecule has 0 saturated heterocycles. The van der Waals surface area contributed by atoms with Gasteiger partial charge in [-0.3, -0.25) is 0 Å². The molecule has 4 nitrogen and oxygen atoms in total. The van der Waals surface area contributed by atoms with Crippen LogP contribution in [0.25, 0.3) is 0 Å². The third-order valence-corrected chi connectivity index (χ3v) is 10.3. The Kier molecular flexibility index (Phi) is 14.8. The first-order chi connectivity index (χ1) is 7.35. The van der Waals surface area contributed by atoms with Gasteiger partial charge in [-0.05, 0) is 0 Å². The van der Waals surface area contributed by atoms with Crippen molar-refractivity contribution in [3.63, 3.8) is 0 Å². The molecule has 0 spiro atoms. The molecule has 0 saturated carbocycles. The molecule has 0 rings (SSSR count). The van der Waals surface area contributed by atoms with Crippen molar-refractivity contribution in [1.82, 2.24) is 0 Å². The van der Waals surface area contributed by atoms with Gasteiger partial charge in [0.25, 0.3) is 0 Å². The van der Waals surface area contributed by atoms with E-state index in [4.69, 9.17) is 10.6 Å². The van der Waals surface area contributed by atoms with Gasteiger partial charge >= 0.3 is 113 Å². The molecule has 0 aromatic rings. The Hall–Kier alpha value is 1.44. The van der Waals surface area contributed by atoms with Gasteiger partial charge < -0.3 is 0 Å². The van der Waals surface area contributed by atoms with Gasteiger partial charge in [-0.2, -0.15) is 0 Å². The Morgan fingerprint density at radius 2 is 1.40 bits per heavy atom. The van der Waals surface area contributed by atoms with Gasteiger partial charge in [-0.15, -0.1) is 0 Å². The van der Waals surface area contributed by atoms with Crippen LogP contribution in [0.15, 0.2) is 0 Å². The standard InChI is InChI=1S/3C3H7O.O.2Sn/c3*1-2-3-4;;;/h3*2-3H2,1H3;;;/q3*-1;;+1;+2. The van der Waals surface area contributed by atoms with Crippen molar-refractivity contribution in [2.45, 2.75) is 40.0 Å². The van der Waals surface area contributed by atoms with E-state index < -0.39 is 43.0 Å². The molecule has 6 heteroatoms. The topological polar surface area (TPSA) is 36.9 Å². The monoisotopic (exact) mass is 433 g/mol. The van der Waals surface area contributed by atoms with Crippen LogP contribution in [0.5, 0.6) is 0 Å². The van der Waals surface area contributed by atoms with Crippen molar-refractivity contribution in [1.29, 1.82) is 0 Å². The van der Waals surface area contributed by atoms with Gasteiger partial charge in [0.2, 0.25) is 0 Å². The Labute approximate surface area is 113 Å². The number of hydrogen-bond donors (Lipinski definition) is 0. The SMILES string of the molecule is CCC[O][Sn][O][Sn]([O]CCC)[O]CCC. The van der Waals surface area contributed by atoms with E-state index in [9.17, 15) is 0 Å². The molecule has 0 N–H and O–H groups in total. The van der Waals surface area contributed by atoms with E-state index in [1.807, 2.05) is 0 Å². The van der Waals surface area contributed by atoms with Crippen LogP contribution in [0.3, 0.4) is 0 Å². The van der Waals surface area contributed by atoms with E-state index >= 15 is 0 Å². The van der Waals surface area contributed by atoms with Gasteiger partial charge in [0.05, 0.1) is 0 Å². The Bertz CT molecular complexity index is 119. The maximum absolute atomic E-state index is 5.65. The normalized spacial score (nSPS) is 11.2. The zero-order valence-electron chi connectivity index (χ0n) is 9.88. The van der Waals surface area contributed by atoms with Crippen LogP contribution in [0.1, 0.15) is 40.0 Å². The van der Waals surface area contributed by atoms with E-state index in [0.29, 0.717) is 0 Å². The molecule has 0 aromatic heterocycles. The van der Waals surface area contributed by atoms with Crippen LogP contribution in [0, 0.1) is 0 Å². The first-order valence-electron chi connectivity index (χ1n) is 5.51. The van der Waals surface area contributed by atoms with Gasteiger partial charge in [0, 0.05) is 0 Å². The summed E-state index contributed by atoms with van der Waals surface area (Å²) in [7, 11) is 0. The summed E-state index contributed by atoms with van der Waals surface area (Å²) in [6.45, 7) is 8.60. The minimum atomic E-state index is -2.42. The van der Waals surface area contributed by atoms with Crippen molar-refractivity contribution in [3.05, 3.63) is 0 Å². The van der Waals surface area contributed by atoms with E-state index in [0.717, 1.165) is 39.1 Å². The van der Waals surface area contributed by atoms with Crippen LogP contribution < -0.4 is 0 Å². The average Bonchev–Trinajstić information content (AvgIpc) is 2.27. The molecule has 0 aliphatic carbocycles.